The number of nitrogens with two attached hydrogens (primary N) is 1. The molecule has 0 aliphatic rings. The van der Waals surface area contributed by atoms with Crippen molar-refractivity contribution in [3.63, 3.8) is 0 Å². The Hall–Kier alpha value is -0.980. The Morgan fingerprint density at radius 3 is 2.94 bits per heavy atom. The molecule has 0 radical (unpaired) electrons. The van der Waals surface area contributed by atoms with Crippen LogP contribution in [-0.4, -0.2) is 28.7 Å². The predicted octanol–water partition coefficient (Wildman–Crippen LogP) is 0.768. The Labute approximate surface area is 102 Å². The molecule has 88 valence electrons. The highest BCUT2D eigenvalue weighted by Gasteiger charge is 2.25. The summed E-state index contributed by atoms with van der Waals surface area (Å²) < 4.78 is 5.43. The fourth-order valence-corrected chi connectivity index (χ4v) is 1.55. The number of aromatic nitrogens is 1. The molecular formula is C10H13BrN2O3. The number of aliphatic hydroxyl groups excluding tert-OH is 1. The van der Waals surface area contributed by atoms with Gasteiger partial charge in [0, 0.05) is 22.4 Å². The number of carbonyl (C=O) groups excluding carboxylic acids is 1. The van der Waals surface area contributed by atoms with Crippen LogP contribution in [0.15, 0.2) is 22.9 Å². The van der Waals surface area contributed by atoms with Gasteiger partial charge in [-0.25, -0.2) is 0 Å². The molecule has 1 aromatic heterocycles. The molecule has 0 bridgehead atoms. The van der Waals surface area contributed by atoms with Crippen LogP contribution >= 0.6 is 15.9 Å². The third-order valence-corrected chi connectivity index (χ3v) is 2.40. The number of rotatable bonds is 4. The van der Waals surface area contributed by atoms with E-state index in [0.717, 1.165) is 0 Å². The number of halogens is 1. The standard InChI is InChI=1S/C10H13BrN2O3/c1-2-16-10(15)8(12)9(14)6-3-7(11)5-13-4-6/h3-5,8-9,14H,2,12H2,1H3/t8-,9+/m0/s1. The minimum absolute atomic E-state index is 0.232. The van der Waals surface area contributed by atoms with Gasteiger partial charge in [0.1, 0.15) is 12.1 Å². The summed E-state index contributed by atoms with van der Waals surface area (Å²) in [5.41, 5.74) is 6.03. The van der Waals surface area contributed by atoms with Crippen LogP contribution in [-0.2, 0) is 9.53 Å². The third-order valence-electron chi connectivity index (χ3n) is 1.97. The first-order valence-electron chi connectivity index (χ1n) is 4.77. The van der Waals surface area contributed by atoms with E-state index >= 15 is 0 Å². The van der Waals surface area contributed by atoms with E-state index in [1.807, 2.05) is 0 Å². The maximum atomic E-state index is 11.3. The SMILES string of the molecule is CCOC(=O)[C@@H](N)[C@H](O)c1cncc(Br)c1. The Morgan fingerprint density at radius 2 is 2.38 bits per heavy atom. The van der Waals surface area contributed by atoms with Gasteiger partial charge in [-0.05, 0) is 28.9 Å². The van der Waals surface area contributed by atoms with Gasteiger partial charge in [-0.1, -0.05) is 0 Å². The lowest BCUT2D eigenvalue weighted by Gasteiger charge is -2.17. The van der Waals surface area contributed by atoms with E-state index in [2.05, 4.69) is 20.9 Å². The molecule has 3 N–H and O–H groups in total. The van der Waals surface area contributed by atoms with Crippen LogP contribution < -0.4 is 5.73 Å². The van der Waals surface area contributed by atoms with Gasteiger partial charge in [0.25, 0.3) is 0 Å². The fraction of sp³-hybridized carbons (Fsp3) is 0.400. The number of ether oxygens (including phenoxy) is 1. The molecule has 1 heterocycles. The molecule has 1 rings (SSSR count). The third kappa shape index (κ3) is 3.26. The van der Waals surface area contributed by atoms with Crippen LogP contribution in [0.25, 0.3) is 0 Å². The summed E-state index contributed by atoms with van der Waals surface area (Å²) in [6.45, 7) is 1.91. The van der Waals surface area contributed by atoms with E-state index in [0.29, 0.717) is 10.0 Å². The number of aliphatic hydroxyl groups is 1. The first kappa shape index (κ1) is 13.1. The van der Waals surface area contributed by atoms with Crippen molar-refractivity contribution in [3.05, 3.63) is 28.5 Å². The zero-order valence-electron chi connectivity index (χ0n) is 8.76. The van der Waals surface area contributed by atoms with Gasteiger partial charge in [-0.3, -0.25) is 9.78 Å². The highest BCUT2D eigenvalue weighted by Crippen LogP contribution is 2.19. The van der Waals surface area contributed by atoms with Gasteiger partial charge in [-0.15, -0.1) is 0 Å². The van der Waals surface area contributed by atoms with Crippen LogP contribution in [0.5, 0.6) is 0 Å². The molecule has 0 saturated carbocycles. The van der Waals surface area contributed by atoms with Crippen LogP contribution in [0.3, 0.4) is 0 Å². The number of nitrogens with zero attached hydrogens (tertiary/aromatic N) is 1. The van der Waals surface area contributed by atoms with Gasteiger partial charge in [-0.2, -0.15) is 0 Å². The van der Waals surface area contributed by atoms with E-state index in [4.69, 9.17) is 10.5 Å². The van der Waals surface area contributed by atoms with Crippen molar-refractivity contribution < 1.29 is 14.6 Å². The lowest BCUT2D eigenvalue weighted by Crippen LogP contribution is -2.38. The van der Waals surface area contributed by atoms with Crippen molar-refractivity contribution >= 4 is 21.9 Å². The summed E-state index contributed by atoms with van der Waals surface area (Å²) >= 11 is 3.22. The van der Waals surface area contributed by atoms with E-state index in [1.54, 1.807) is 19.2 Å². The van der Waals surface area contributed by atoms with E-state index < -0.39 is 18.1 Å². The van der Waals surface area contributed by atoms with Crippen molar-refractivity contribution in [1.29, 1.82) is 0 Å². The van der Waals surface area contributed by atoms with Crippen molar-refractivity contribution in [1.82, 2.24) is 4.98 Å². The number of hydrogen-bond donors (Lipinski definition) is 2. The first-order valence-corrected chi connectivity index (χ1v) is 5.56. The number of carbonyl (C=O) groups is 1. The molecule has 0 fully saturated rings. The number of pyridine rings is 1. The zero-order chi connectivity index (χ0) is 12.1. The Balaban J connectivity index is 2.77. The summed E-state index contributed by atoms with van der Waals surface area (Å²) in [6, 6.07) is 0.549. The average molecular weight is 289 g/mol. The lowest BCUT2D eigenvalue weighted by molar-refractivity contribution is -0.147. The van der Waals surface area contributed by atoms with Crippen molar-refractivity contribution in [2.75, 3.05) is 6.61 Å². The van der Waals surface area contributed by atoms with Crippen LogP contribution in [0.4, 0.5) is 0 Å². The van der Waals surface area contributed by atoms with Crippen LogP contribution in [0.1, 0.15) is 18.6 Å². The van der Waals surface area contributed by atoms with Gasteiger partial charge in [0.15, 0.2) is 0 Å². The molecule has 16 heavy (non-hydrogen) atoms. The molecule has 0 spiro atoms. The quantitative estimate of drug-likeness (QED) is 0.800. The molecule has 2 atom stereocenters. The molecule has 0 aliphatic carbocycles. The van der Waals surface area contributed by atoms with Gasteiger partial charge in [0.2, 0.25) is 0 Å². The summed E-state index contributed by atoms with van der Waals surface area (Å²) in [5.74, 6) is -0.630. The van der Waals surface area contributed by atoms with Crippen LogP contribution in [0.2, 0.25) is 0 Å². The highest BCUT2D eigenvalue weighted by atomic mass is 79.9. The lowest BCUT2D eigenvalue weighted by atomic mass is 10.1. The highest BCUT2D eigenvalue weighted by molar-refractivity contribution is 9.10. The minimum Gasteiger partial charge on any atom is -0.465 e. The zero-order valence-corrected chi connectivity index (χ0v) is 10.3. The molecule has 0 amide bonds. The first-order chi connectivity index (χ1) is 7.56. The molecule has 0 aromatic carbocycles. The van der Waals surface area contributed by atoms with Crippen molar-refractivity contribution in [2.24, 2.45) is 5.73 Å². The summed E-state index contributed by atoms with van der Waals surface area (Å²) in [5, 5.41) is 9.82. The average Bonchev–Trinajstić information content (AvgIpc) is 2.27. The fourth-order valence-electron chi connectivity index (χ4n) is 1.16. The predicted molar refractivity (Wildman–Crippen MR) is 61.5 cm³/mol. The Morgan fingerprint density at radius 1 is 1.69 bits per heavy atom. The van der Waals surface area contributed by atoms with E-state index in [9.17, 15) is 9.90 Å². The summed E-state index contributed by atoms with van der Waals surface area (Å²) in [7, 11) is 0. The topological polar surface area (TPSA) is 85.4 Å². The molecule has 0 saturated heterocycles. The monoisotopic (exact) mass is 288 g/mol. The largest absolute Gasteiger partial charge is 0.465 e. The molecule has 6 heteroatoms. The van der Waals surface area contributed by atoms with Gasteiger partial charge in [0.05, 0.1) is 6.61 Å². The number of hydrogen-bond acceptors (Lipinski definition) is 5. The molecule has 0 unspecified atom stereocenters. The smallest absolute Gasteiger partial charge is 0.325 e. The molecular weight excluding hydrogens is 276 g/mol. The summed E-state index contributed by atoms with van der Waals surface area (Å²) in [4.78, 5) is 15.2. The maximum Gasteiger partial charge on any atom is 0.325 e. The van der Waals surface area contributed by atoms with E-state index in [-0.39, 0.29) is 6.61 Å². The molecule has 1 aromatic rings. The Bertz CT molecular complexity index is 373. The second-order valence-corrected chi connectivity index (χ2v) is 4.07. The van der Waals surface area contributed by atoms with Crippen molar-refractivity contribution in [3.8, 4) is 0 Å². The minimum atomic E-state index is -1.12. The van der Waals surface area contributed by atoms with Crippen LogP contribution in [0, 0.1) is 0 Å². The normalized spacial score (nSPS) is 14.2. The number of esters is 1. The van der Waals surface area contributed by atoms with Gasteiger partial charge >= 0.3 is 5.97 Å². The Kier molecular flexibility index (Phi) is 4.85. The molecule has 0 aliphatic heterocycles. The summed E-state index contributed by atoms with van der Waals surface area (Å²) in [6.07, 6.45) is 1.91. The second-order valence-electron chi connectivity index (χ2n) is 3.16. The van der Waals surface area contributed by atoms with E-state index in [1.165, 1.54) is 6.20 Å². The second kappa shape index (κ2) is 5.93. The molecule has 5 nitrogen and oxygen atoms in total. The van der Waals surface area contributed by atoms with Gasteiger partial charge < -0.3 is 15.6 Å². The van der Waals surface area contributed by atoms with Crippen molar-refractivity contribution in [2.45, 2.75) is 19.1 Å². The maximum absolute atomic E-state index is 11.3.